The number of carbonyl (C=O) groups is 3. The van der Waals surface area contributed by atoms with Crippen LogP contribution in [0, 0.1) is 0 Å². The fourth-order valence-corrected chi connectivity index (χ4v) is 4.47. The van der Waals surface area contributed by atoms with Crippen LogP contribution in [-0.4, -0.2) is 61.6 Å². The molecule has 2 aliphatic rings. The summed E-state index contributed by atoms with van der Waals surface area (Å²) in [5, 5.41) is 5.67. The van der Waals surface area contributed by atoms with Crippen molar-refractivity contribution in [3.8, 4) is 11.5 Å². The van der Waals surface area contributed by atoms with E-state index in [2.05, 4.69) is 10.6 Å². The van der Waals surface area contributed by atoms with E-state index in [0.717, 1.165) is 0 Å². The number of hydrogen-bond donors (Lipinski definition) is 2. The Morgan fingerprint density at radius 1 is 1.09 bits per heavy atom. The average Bonchev–Trinajstić information content (AvgIpc) is 2.86. The quantitative estimate of drug-likeness (QED) is 0.655. The van der Waals surface area contributed by atoms with Gasteiger partial charge in [0, 0.05) is 30.9 Å². The third kappa shape index (κ3) is 5.74. The van der Waals surface area contributed by atoms with E-state index < -0.39 is 0 Å². The highest BCUT2D eigenvalue weighted by Crippen LogP contribution is 2.32. The van der Waals surface area contributed by atoms with Crippen LogP contribution in [0.3, 0.4) is 0 Å². The van der Waals surface area contributed by atoms with Crippen LogP contribution in [0.5, 0.6) is 11.5 Å². The van der Waals surface area contributed by atoms with Crippen molar-refractivity contribution >= 4 is 29.1 Å². The van der Waals surface area contributed by atoms with Crippen molar-refractivity contribution in [1.82, 2.24) is 4.90 Å². The number of hydrogen-bond acceptors (Lipinski definition) is 6. The lowest BCUT2D eigenvalue weighted by Gasteiger charge is -2.42. The minimum Gasteiger partial charge on any atom is -0.497 e. The number of ether oxygens (including phenoxy) is 3. The lowest BCUT2D eigenvalue weighted by atomic mass is 9.94. The number of nitrogens with zero attached hydrogens (tertiary/aromatic N) is 1. The van der Waals surface area contributed by atoms with Crippen LogP contribution in [0.25, 0.3) is 0 Å². The zero-order valence-corrected chi connectivity index (χ0v) is 20.2. The first-order valence-electron chi connectivity index (χ1n) is 11.8. The van der Waals surface area contributed by atoms with Gasteiger partial charge in [-0.2, -0.15) is 0 Å². The number of carbonyl (C=O) groups excluding carboxylic acids is 3. The topological polar surface area (TPSA) is 106 Å². The van der Waals surface area contributed by atoms with Gasteiger partial charge in [0.1, 0.15) is 24.2 Å². The summed E-state index contributed by atoms with van der Waals surface area (Å²) in [5.41, 5.74) is 1.62. The van der Waals surface area contributed by atoms with Crippen LogP contribution < -0.4 is 20.1 Å². The molecule has 0 saturated carbocycles. The smallest absolute Gasteiger partial charge is 0.257 e. The van der Waals surface area contributed by atoms with Gasteiger partial charge in [-0.1, -0.05) is 13.0 Å². The molecule has 4 rings (SSSR count). The Bertz CT molecular complexity index is 1100. The molecule has 0 radical (unpaired) electrons. The first kappa shape index (κ1) is 24.5. The molecule has 0 aliphatic carbocycles. The molecule has 35 heavy (non-hydrogen) atoms. The molecule has 3 amide bonds. The lowest BCUT2D eigenvalue weighted by Crippen LogP contribution is -2.53. The van der Waals surface area contributed by atoms with Crippen LogP contribution in [0.1, 0.15) is 43.0 Å². The molecule has 1 saturated heterocycles. The summed E-state index contributed by atoms with van der Waals surface area (Å²) in [6, 6.07) is 12.1. The monoisotopic (exact) mass is 481 g/mol. The molecule has 9 nitrogen and oxygen atoms in total. The Labute approximate surface area is 204 Å². The summed E-state index contributed by atoms with van der Waals surface area (Å²) in [4.78, 5) is 39.3. The predicted molar refractivity (Wildman–Crippen MR) is 131 cm³/mol. The molecule has 1 fully saturated rings. The Balaban J connectivity index is 1.42. The van der Waals surface area contributed by atoms with Crippen molar-refractivity contribution in [3.05, 3.63) is 48.0 Å². The van der Waals surface area contributed by atoms with Gasteiger partial charge in [-0.15, -0.1) is 0 Å². The van der Waals surface area contributed by atoms with Gasteiger partial charge in [-0.05, 0) is 43.2 Å². The van der Waals surface area contributed by atoms with Gasteiger partial charge in [0.15, 0.2) is 0 Å². The van der Waals surface area contributed by atoms with Gasteiger partial charge in [0.2, 0.25) is 11.8 Å². The maximum Gasteiger partial charge on any atom is 0.257 e. The van der Waals surface area contributed by atoms with E-state index in [1.807, 2.05) is 12.1 Å². The zero-order valence-electron chi connectivity index (χ0n) is 20.2. The normalized spacial score (nSPS) is 21.5. The number of rotatable bonds is 6. The molecule has 0 spiro atoms. The van der Waals surface area contributed by atoms with Gasteiger partial charge in [0.05, 0.1) is 31.2 Å². The molecule has 2 N–H and O–H groups in total. The van der Waals surface area contributed by atoms with Crippen molar-refractivity contribution in [2.75, 3.05) is 31.4 Å². The Morgan fingerprint density at radius 2 is 1.86 bits per heavy atom. The van der Waals surface area contributed by atoms with E-state index in [9.17, 15) is 14.4 Å². The fraction of sp³-hybridized carbons (Fsp3) is 0.423. The standard InChI is InChI=1S/C26H31N3O6/c1-4-24(30)27-17-8-11-22-20(13-17)26(32)29(2)21-10-9-19(35-23(21)15-34-22)14-25(31)28-16-6-5-7-18(12-16)33-3/h5-8,11-13,19,21,23H,4,9-10,14-15H2,1-3H3,(H,27,30)(H,28,31)/t19-,21-,23-/m0/s1. The minimum absolute atomic E-state index is 0.125. The van der Waals surface area contributed by atoms with E-state index in [4.69, 9.17) is 14.2 Å². The van der Waals surface area contributed by atoms with E-state index in [1.165, 1.54) is 0 Å². The fourth-order valence-electron chi connectivity index (χ4n) is 4.47. The first-order valence-corrected chi connectivity index (χ1v) is 11.8. The third-order valence-electron chi connectivity index (χ3n) is 6.38. The zero-order chi connectivity index (χ0) is 24.9. The van der Waals surface area contributed by atoms with Gasteiger partial charge in [0.25, 0.3) is 5.91 Å². The van der Waals surface area contributed by atoms with Crippen LogP contribution >= 0.6 is 0 Å². The number of fused-ring (bicyclic) bond motifs is 2. The van der Waals surface area contributed by atoms with Crippen molar-refractivity contribution in [2.45, 2.75) is 50.9 Å². The average molecular weight is 482 g/mol. The highest BCUT2D eigenvalue weighted by Gasteiger charge is 2.39. The number of nitrogens with one attached hydrogen (secondary N) is 2. The molecule has 186 valence electrons. The predicted octanol–water partition coefficient (Wildman–Crippen LogP) is 3.45. The summed E-state index contributed by atoms with van der Waals surface area (Å²) < 4.78 is 17.4. The molecular weight excluding hydrogens is 450 g/mol. The molecule has 2 aromatic carbocycles. The molecule has 2 aromatic rings. The Hall–Kier alpha value is -3.59. The van der Waals surface area contributed by atoms with E-state index in [-0.39, 0.29) is 49.0 Å². The largest absolute Gasteiger partial charge is 0.497 e. The maximum atomic E-state index is 13.3. The number of likely N-dealkylation sites (N-methyl/N-ethyl adjacent to an activating group) is 1. The number of anilines is 2. The van der Waals surface area contributed by atoms with Crippen LogP contribution in [0.4, 0.5) is 11.4 Å². The maximum absolute atomic E-state index is 13.3. The molecule has 2 aliphatic heterocycles. The first-order chi connectivity index (χ1) is 16.9. The number of benzene rings is 2. The lowest BCUT2D eigenvalue weighted by molar-refractivity contribution is -0.130. The highest BCUT2D eigenvalue weighted by atomic mass is 16.5. The van der Waals surface area contributed by atoms with Gasteiger partial charge >= 0.3 is 0 Å². The minimum atomic E-state index is -0.361. The van der Waals surface area contributed by atoms with Gasteiger partial charge in [-0.3, -0.25) is 14.4 Å². The summed E-state index contributed by atoms with van der Waals surface area (Å²) in [5.74, 6) is 0.639. The Morgan fingerprint density at radius 3 is 2.63 bits per heavy atom. The van der Waals surface area contributed by atoms with E-state index in [0.29, 0.717) is 47.7 Å². The molecular formula is C26H31N3O6. The highest BCUT2D eigenvalue weighted by molar-refractivity contribution is 5.99. The number of methoxy groups -OCH3 is 1. The molecule has 0 unspecified atom stereocenters. The second kappa shape index (κ2) is 10.8. The van der Waals surface area contributed by atoms with Crippen LogP contribution in [-0.2, 0) is 14.3 Å². The van der Waals surface area contributed by atoms with Gasteiger partial charge in [-0.25, -0.2) is 0 Å². The van der Waals surface area contributed by atoms with Crippen molar-refractivity contribution in [2.24, 2.45) is 0 Å². The van der Waals surface area contributed by atoms with Crippen molar-refractivity contribution in [1.29, 1.82) is 0 Å². The van der Waals surface area contributed by atoms with Crippen molar-refractivity contribution in [3.63, 3.8) is 0 Å². The molecule has 0 aromatic heterocycles. The van der Waals surface area contributed by atoms with Gasteiger partial charge < -0.3 is 29.7 Å². The summed E-state index contributed by atoms with van der Waals surface area (Å²) in [7, 11) is 3.33. The third-order valence-corrected chi connectivity index (χ3v) is 6.38. The molecule has 0 bridgehead atoms. The summed E-state index contributed by atoms with van der Waals surface area (Å²) in [6.45, 7) is 2.02. The molecule has 2 heterocycles. The summed E-state index contributed by atoms with van der Waals surface area (Å²) >= 11 is 0. The Kier molecular flexibility index (Phi) is 7.55. The summed E-state index contributed by atoms with van der Waals surface area (Å²) in [6.07, 6.45) is 1.24. The van der Waals surface area contributed by atoms with Crippen LogP contribution in [0.15, 0.2) is 42.5 Å². The SMILES string of the molecule is CCC(=O)Nc1ccc2c(c1)C(=O)N(C)[C@H]1CC[C@@H](CC(=O)Nc3cccc(OC)c3)O[C@H]1CO2. The van der Waals surface area contributed by atoms with Crippen LogP contribution in [0.2, 0.25) is 0 Å². The second-order valence-electron chi connectivity index (χ2n) is 8.77. The second-order valence-corrected chi connectivity index (χ2v) is 8.77. The molecule has 9 heteroatoms. The van der Waals surface area contributed by atoms with Crippen molar-refractivity contribution < 1.29 is 28.6 Å². The van der Waals surface area contributed by atoms with E-state index in [1.54, 1.807) is 56.3 Å². The van der Waals surface area contributed by atoms with E-state index >= 15 is 0 Å². The number of amides is 3. The molecule has 3 atom stereocenters.